The van der Waals surface area contributed by atoms with Crippen LogP contribution in [0.1, 0.15) is 43.3 Å². The van der Waals surface area contributed by atoms with Crippen molar-refractivity contribution in [3.05, 3.63) is 16.1 Å². The largest absolute Gasteiger partial charge is 0.314 e. The number of rotatable bonds is 5. The van der Waals surface area contributed by atoms with Crippen molar-refractivity contribution in [3.8, 4) is 0 Å². The number of aryl methyl sites for hydroxylation is 1. The lowest BCUT2D eigenvalue weighted by molar-refractivity contribution is 0.384. The van der Waals surface area contributed by atoms with Crippen molar-refractivity contribution in [2.45, 2.75) is 52.0 Å². The Morgan fingerprint density at radius 3 is 2.88 bits per heavy atom. The van der Waals surface area contributed by atoms with Crippen LogP contribution in [0, 0.1) is 12.8 Å². The third-order valence-electron chi connectivity index (χ3n) is 3.58. The number of thiazole rings is 1. The molecule has 0 spiro atoms. The molecule has 1 atom stereocenters. The maximum absolute atomic E-state index is 4.48. The molecule has 0 aliphatic heterocycles. The van der Waals surface area contributed by atoms with Gasteiger partial charge in [-0.25, -0.2) is 4.98 Å². The minimum absolute atomic E-state index is 0.684. The molecule has 0 radical (unpaired) electrons. The Morgan fingerprint density at radius 2 is 2.25 bits per heavy atom. The summed E-state index contributed by atoms with van der Waals surface area (Å²) in [6.45, 7) is 5.47. The van der Waals surface area contributed by atoms with E-state index in [-0.39, 0.29) is 0 Å². The lowest BCUT2D eigenvalue weighted by Crippen LogP contribution is -2.33. The summed E-state index contributed by atoms with van der Waals surface area (Å²) in [7, 11) is 0. The van der Waals surface area contributed by atoms with Crippen molar-refractivity contribution in [3.63, 3.8) is 0 Å². The van der Waals surface area contributed by atoms with Gasteiger partial charge in [-0.3, -0.25) is 0 Å². The molecule has 1 aliphatic carbocycles. The fourth-order valence-electron chi connectivity index (χ4n) is 2.55. The molecule has 3 heteroatoms. The van der Waals surface area contributed by atoms with Crippen LogP contribution < -0.4 is 5.32 Å². The molecule has 2 nitrogen and oxygen atoms in total. The van der Waals surface area contributed by atoms with E-state index in [1.165, 1.54) is 30.7 Å². The number of nitrogens with one attached hydrogen (secondary N) is 1. The molecular weight excluding hydrogens is 216 g/mol. The molecule has 1 unspecified atom stereocenters. The molecule has 0 saturated heterocycles. The summed E-state index contributed by atoms with van der Waals surface area (Å²) in [4.78, 5) is 4.48. The highest BCUT2D eigenvalue weighted by Gasteiger charge is 2.20. The molecule has 1 aromatic rings. The van der Waals surface area contributed by atoms with Crippen LogP contribution in [0.5, 0.6) is 0 Å². The van der Waals surface area contributed by atoms with Crippen molar-refractivity contribution < 1.29 is 0 Å². The normalized spacial score (nSPS) is 19.1. The van der Waals surface area contributed by atoms with Gasteiger partial charge in [0.05, 0.1) is 5.01 Å². The highest BCUT2D eigenvalue weighted by Crippen LogP contribution is 2.27. The van der Waals surface area contributed by atoms with E-state index >= 15 is 0 Å². The second-order valence-corrected chi connectivity index (χ2v) is 5.86. The summed E-state index contributed by atoms with van der Waals surface area (Å²) in [5.74, 6) is 0.915. The lowest BCUT2D eigenvalue weighted by Gasteiger charge is -2.19. The SMILES string of the molecule is Cc1csc(CCNC(C)C2CCCC2)n1. The van der Waals surface area contributed by atoms with Gasteiger partial charge in [0.1, 0.15) is 0 Å². The first-order chi connectivity index (χ1) is 7.75. The van der Waals surface area contributed by atoms with Crippen molar-refractivity contribution in [1.29, 1.82) is 0 Å². The molecule has 1 aromatic heterocycles. The average Bonchev–Trinajstić information content (AvgIpc) is 2.89. The second kappa shape index (κ2) is 5.78. The standard InChI is InChI=1S/C13H22N2S/c1-10-9-16-13(15-10)7-8-14-11(2)12-5-3-4-6-12/h9,11-12,14H,3-8H2,1-2H3. The third-order valence-corrected chi connectivity index (χ3v) is 4.61. The Bertz CT molecular complexity index is 315. The van der Waals surface area contributed by atoms with Gasteiger partial charge in [-0.1, -0.05) is 12.8 Å². The van der Waals surface area contributed by atoms with Crippen molar-refractivity contribution in [2.75, 3.05) is 6.54 Å². The fourth-order valence-corrected chi connectivity index (χ4v) is 3.32. The molecule has 1 aliphatic rings. The van der Waals surface area contributed by atoms with E-state index in [9.17, 15) is 0 Å². The van der Waals surface area contributed by atoms with E-state index in [1.54, 1.807) is 11.3 Å². The van der Waals surface area contributed by atoms with Gasteiger partial charge in [0.25, 0.3) is 0 Å². The summed E-state index contributed by atoms with van der Waals surface area (Å²) in [6.07, 6.45) is 6.79. The van der Waals surface area contributed by atoms with E-state index in [1.807, 2.05) is 0 Å². The second-order valence-electron chi connectivity index (χ2n) is 4.92. The number of nitrogens with zero attached hydrogens (tertiary/aromatic N) is 1. The Balaban J connectivity index is 1.67. The lowest BCUT2D eigenvalue weighted by atomic mass is 10.00. The van der Waals surface area contributed by atoms with Gasteiger partial charge in [-0.2, -0.15) is 0 Å². The van der Waals surface area contributed by atoms with E-state index in [2.05, 4.69) is 29.5 Å². The van der Waals surface area contributed by atoms with E-state index in [4.69, 9.17) is 0 Å². The molecule has 1 heterocycles. The minimum Gasteiger partial charge on any atom is -0.314 e. The van der Waals surface area contributed by atoms with Gasteiger partial charge in [0, 0.05) is 30.1 Å². The fraction of sp³-hybridized carbons (Fsp3) is 0.769. The Labute approximate surface area is 102 Å². The number of hydrogen-bond acceptors (Lipinski definition) is 3. The van der Waals surface area contributed by atoms with Gasteiger partial charge in [-0.05, 0) is 32.6 Å². The van der Waals surface area contributed by atoms with Crippen LogP contribution in [0.3, 0.4) is 0 Å². The summed E-state index contributed by atoms with van der Waals surface area (Å²) in [6, 6.07) is 0.684. The van der Waals surface area contributed by atoms with Crippen LogP contribution in [0.15, 0.2) is 5.38 Å². The molecular formula is C13H22N2S. The highest BCUT2D eigenvalue weighted by molar-refractivity contribution is 7.09. The zero-order valence-electron chi connectivity index (χ0n) is 10.3. The summed E-state index contributed by atoms with van der Waals surface area (Å²) in [5, 5.41) is 7.05. The van der Waals surface area contributed by atoms with Crippen LogP contribution in [0.2, 0.25) is 0 Å². The quantitative estimate of drug-likeness (QED) is 0.852. The highest BCUT2D eigenvalue weighted by atomic mass is 32.1. The van der Waals surface area contributed by atoms with Crippen LogP contribution in [-0.2, 0) is 6.42 Å². The summed E-state index contributed by atoms with van der Waals surface area (Å²) >= 11 is 1.78. The molecule has 2 rings (SSSR count). The van der Waals surface area contributed by atoms with Crippen molar-refractivity contribution in [2.24, 2.45) is 5.92 Å². The molecule has 0 aromatic carbocycles. The van der Waals surface area contributed by atoms with Gasteiger partial charge in [0.2, 0.25) is 0 Å². The van der Waals surface area contributed by atoms with Crippen molar-refractivity contribution >= 4 is 11.3 Å². The maximum atomic E-state index is 4.48. The van der Waals surface area contributed by atoms with Gasteiger partial charge >= 0.3 is 0 Å². The molecule has 90 valence electrons. The number of hydrogen-bond donors (Lipinski definition) is 1. The summed E-state index contributed by atoms with van der Waals surface area (Å²) in [5.41, 5.74) is 1.16. The topological polar surface area (TPSA) is 24.9 Å². The first kappa shape index (κ1) is 12.1. The molecule has 1 saturated carbocycles. The van der Waals surface area contributed by atoms with Crippen LogP contribution >= 0.6 is 11.3 Å². The molecule has 0 bridgehead atoms. The van der Waals surface area contributed by atoms with E-state index in [0.29, 0.717) is 6.04 Å². The molecule has 16 heavy (non-hydrogen) atoms. The predicted molar refractivity (Wildman–Crippen MR) is 70.0 cm³/mol. The monoisotopic (exact) mass is 238 g/mol. The minimum atomic E-state index is 0.684. The van der Waals surface area contributed by atoms with E-state index in [0.717, 1.165) is 24.6 Å². The molecule has 1 fully saturated rings. The maximum Gasteiger partial charge on any atom is 0.0940 e. The first-order valence-electron chi connectivity index (χ1n) is 6.40. The first-order valence-corrected chi connectivity index (χ1v) is 7.28. The average molecular weight is 238 g/mol. The van der Waals surface area contributed by atoms with E-state index < -0.39 is 0 Å². The van der Waals surface area contributed by atoms with Crippen LogP contribution in [-0.4, -0.2) is 17.6 Å². The third kappa shape index (κ3) is 3.29. The van der Waals surface area contributed by atoms with Gasteiger partial charge in [0.15, 0.2) is 0 Å². The molecule has 1 N–H and O–H groups in total. The summed E-state index contributed by atoms with van der Waals surface area (Å²) < 4.78 is 0. The smallest absolute Gasteiger partial charge is 0.0940 e. The van der Waals surface area contributed by atoms with Crippen molar-refractivity contribution in [1.82, 2.24) is 10.3 Å². The van der Waals surface area contributed by atoms with Gasteiger partial charge in [-0.15, -0.1) is 11.3 Å². The van der Waals surface area contributed by atoms with Crippen LogP contribution in [0.25, 0.3) is 0 Å². The molecule has 0 amide bonds. The van der Waals surface area contributed by atoms with Gasteiger partial charge < -0.3 is 5.32 Å². The Hall–Kier alpha value is -0.410. The van der Waals surface area contributed by atoms with Crippen LogP contribution in [0.4, 0.5) is 0 Å². The zero-order valence-corrected chi connectivity index (χ0v) is 11.1. The number of aromatic nitrogens is 1. The Morgan fingerprint density at radius 1 is 1.50 bits per heavy atom. The Kier molecular flexibility index (Phi) is 4.36. The zero-order chi connectivity index (χ0) is 11.4. The predicted octanol–water partition coefficient (Wildman–Crippen LogP) is 3.16.